The number of esters is 1. The number of thiol groups is 1. The van der Waals surface area contributed by atoms with Crippen LogP contribution in [0, 0.1) is 11.3 Å². The predicted molar refractivity (Wildman–Crippen MR) is 185 cm³/mol. The monoisotopic (exact) mass is 662 g/mol. The average molecular weight is 663 g/mol. The van der Waals surface area contributed by atoms with Crippen molar-refractivity contribution in [3.63, 3.8) is 0 Å². The van der Waals surface area contributed by atoms with Gasteiger partial charge in [0.05, 0.1) is 6.04 Å². The second-order valence-electron chi connectivity index (χ2n) is 12.3. The fourth-order valence-electron chi connectivity index (χ4n) is 4.39. The van der Waals surface area contributed by atoms with Crippen LogP contribution in [0.3, 0.4) is 0 Å². The first-order chi connectivity index (χ1) is 21.1. The van der Waals surface area contributed by atoms with E-state index >= 15 is 0 Å². The summed E-state index contributed by atoms with van der Waals surface area (Å²) >= 11 is 10.1. The maximum Gasteiger partial charge on any atom is 0.407 e. The summed E-state index contributed by atoms with van der Waals surface area (Å²) in [6.07, 6.45) is 17.1. The number of hydrogen-bond donors (Lipinski definition) is 3. The molecule has 0 spiro atoms. The minimum absolute atomic E-state index is 0.0421. The number of ketones is 1. The van der Waals surface area contributed by atoms with Gasteiger partial charge in [-0.05, 0) is 38.4 Å². The van der Waals surface area contributed by atoms with Crippen molar-refractivity contribution in [3.05, 3.63) is 70.9 Å². The minimum Gasteiger partial charge on any atom is -0.458 e. The summed E-state index contributed by atoms with van der Waals surface area (Å²) in [7, 11) is 0. The van der Waals surface area contributed by atoms with E-state index in [0.717, 1.165) is 12.0 Å². The zero-order valence-electron chi connectivity index (χ0n) is 27.7. The van der Waals surface area contributed by atoms with E-state index < -0.39 is 23.7 Å². The van der Waals surface area contributed by atoms with Gasteiger partial charge < -0.3 is 20.1 Å². The molecule has 0 radical (unpaired) electrons. The van der Waals surface area contributed by atoms with Crippen LogP contribution >= 0.6 is 24.2 Å². The van der Waals surface area contributed by atoms with Crippen molar-refractivity contribution < 1.29 is 28.7 Å². The molecule has 10 heteroatoms. The third kappa shape index (κ3) is 17.3. The molecule has 1 heterocycles. The van der Waals surface area contributed by atoms with E-state index in [1.54, 1.807) is 44.2 Å². The molecule has 2 N–H and O–H groups in total. The average Bonchev–Trinajstić information content (AvgIpc) is 2.95. The maximum atomic E-state index is 13.1. The van der Waals surface area contributed by atoms with Crippen LogP contribution < -0.4 is 10.6 Å². The summed E-state index contributed by atoms with van der Waals surface area (Å²) in [6.45, 7) is 13.6. The second kappa shape index (κ2) is 20.9. The number of rotatable bonds is 17. The molecule has 8 nitrogen and oxygen atoms in total. The summed E-state index contributed by atoms with van der Waals surface area (Å²) in [5.41, 5.74) is 1.10. The molecular weight excluding hydrogens is 612 g/mol. The van der Waals surface area contributed by atoms with E-state index in [1.807, 2.05) is 52.8 Å². The smallest absolute Gasteiger partial charge is 0.407 e. The van der Waals surface area contributed by atoms with Crippen molar-refractivity contribution in [2.24, 2.45) is 11.3 Å². The van der Waals surface area contributed by atoms with Crippen molar-refractivity contribution in [2.45, 2.75) is 98.8 Å². The molecule has 1 aliphatic rings. The summed E-state index contributed by atoms with van der Waals surface area (Å²) in [6, 6.07) is -0.701. The number of carbonyl (C=O) groups is 4. The third-order valence-electron chi connectivity index (χ3n) is 6.97. The van der Waals surface area contributed by atoms with E-state index in [4.69, 9.17) is 21.1 Å². The predicted octanol–water partition coefficient (Wildman–Crippen LogP) is 7.33. The Bertz CT molecular complexity index is 1190. The Morgan fingerprint density at radius 1 is 1.16 bits per heavy atom. The highest BCUT2D eigenvalue weighted by atomic mass is 35.5. The Balaban J connectivity index is 2.71. The van der Waals surface area contributed by atoms with Gasteiger partial charge in [-0.3, -0.25) is 9.59 Å². The van der Waals surface area contributed by atoms with Crippen molar-refractivity contribution in [2.75, 3.05) is 12.3 Å². The number of cyclic esters (lactones) is 1. The van der Waals surface area contributed by atoms with Gasteiger partial charge in [0.1, 0.15) is 12.2 Å². The Morgan fingerprint density at radius 3 is 2.47 bits per heavy atom. The number of nitrogens with one attached hydrogen (secondary N) is 2. The molecule has 0 saturated heterocycles. The zero-order chi connectivity index (χ0) is 34.0. The van der Waals surface area contributed by atoms with Gasteiger partial charge in [-0.25, -0.2) is 9.59 Å². The third-order valence-corrected chi connectivity index (χ3v) is 7.44. The van der Waals surface area contributed by atoms with Crippen LogP contribution in [0.2, 0.25) is 0 Å². The van der Waals surface area contributed by atoms with Crippen molar-refractivity contribution >= 4 is 48.0 Å². The Hall–Kier alpha value is -3.04. The largest absolute Gasteiger partial charge is 0.458 e. The number of allylic oxidation sites excluding steroid dienone is 6. The summed E-state index contributed by atoms with van der Waals surface area (Å²) < 4.78 is 11.0. The number of alkyl carbamates (subject to hydrolysis) is 1. The molecule has 2 amide bonds. The molecule has 0 bridgehead atoms. The van der Waals surface area contributed by atoms with Gasteiger partial charge in [-0.15, -0.1) is 0 Å². The first-order valence-corrected chi connectivity index (χ1v) is 16.4. The minimum atomic E-state index is -0.701. The number of halogens is 1. The van der Waals surface area contributed by atoms with Gasteiger partial charge in [0.15, 0.2) is 5.78 Å². The SMILES string of the molecule is CC1=CC[C@@H]([C@@H](C)/C=C(C)/C=C\C=C/C(=O)N[C@H](C(=O)C/C=C\C[C@H](C/C=C(\C)Cl)OC(=O)NCCCS)C(C)(C)C)OC1=O. The van der Waals surface area contributed by atoms with E-state index in [1.165, 1.54) is 6.08 Å². The fraction of sp³-hybridized carbons (Fsp3) is 0.543. The molecule has 0 aromatic rings. The van der Waals surface area contributed by atoms with Crippen LogP contribution in [0.5, 0.6) is 0 Å². The highest BCUT2D eigenvalue weighted by Gasteiger charge is 2.31. The van der Waals surface area contributed by atoms with Gasteiger partial charge >= 0.3 is 12.1 Å². The zero-order valence-corrected chi connectivity index (χ0v) is 29.4. The van der Waals surface area contributed by atoms with Gasteiger partial charge in [0, 0.05) is 54.8 Å². The van der Waals surface area contributed by atoms with Crippen LogP contribution in [0.1, 0.15) is 80.6 Å². The topological polar surface area (TPSA) is 111 Å². The normalized spacial score (nSPS) is 18.5. The first-order valence-electron chi connectivity index (χ1n) is 15.4. The molecule has 0 aromatic carbocycles. The molecule has 1 rings (SSSR count). The van der Waals surface area contributed by atoms with Crippen molar-refractivity contribution in [1.82, 2.24) is 10.6 Å². The molecule has 45 heavy (non-hydrogen) atoms. The molecule has 0 fully saturated rings. The number of carbonyl (C=O) groups excluding carboxylic acids is 4. The Labute approximate surface area is 279 Å². The van der Waals surface area contributed by atoms with Gasteiger partial charge in [0.25, 0.3) is 0 Å². The maximum absolute atomic E-state index is 13.1. The van der Waals surface area contributed by atoms with Crippen molar-refractivity contribution in [1.29, 1.82) is 0 Å². The number of ether oxygens (including phenoxy) is 2. The summed E-state index contributed by atoms with van der Waals surface area (Å²) in [5, 5.41) is 6.14. The van der Waals surface area contributed by atoms with Crippen LogP contribution in [0.15, 0.2) is 70.9 Å². The summed E-state index contributed by atoms with van der Waals surface area (Å²) in [4.78, 5) is 49.7. The van der Waals surface area contributed by atoms with E-state index in [2.05, 4.69) is 23.3 Å². The molecule has 0 saturated carbocycles. The van der Waals surface area contributed by atoms with Crippen LogP contribution in [-0.4, -0.2) is 54.3 Å². The lowest BCUT2D eigenvalue weighted by Gasteiger charge is -2.29. The Kier molecular flexibility index (Phi) is 18.6. The van der Waals surface area contributed by atoms with Crippen LogP contribution in [0.25, 0.3) is 0 Å². The van der Waals surface area contributed by atoms with Gasteiger partial charge in [0.2, 0.25) is 5.91 Å². The first kappa shape index (κ1) is 40.0. The highest BCUT2D eigenvalue weighted by Crippen LogP contribution is 2.23. The quantitative estimate of drug-likeness (QED) is 0.0376. The number of amides is 2. The number of hydrogen-bond acceptors (Lipinski definition) is 7. The standard InChI is InChI=1S/C35H51ClN2O6S/c1-24(23-26(3)30-20-17-25(2)33(41)44-30)13-8-11-16-31(40)38-32(35(5,6)7)29(39)15-10-9-14-28(19-18-27(4)36)43-34(42)37-21-12-22-45/h8-11,13,16-18,23,26,28,30,32,45H,12,14-15,19-22H2,1-7H3,(H,37,42)(H,38,40)/b10-9-,13-8-,16-11-,24-23+,27-18+/t26-,28+,30-,32+/m0/s1. The van der Waals surface area contributed by atoms with Gasteiger partial charge in [-0.1, -0.05) is 93.5 Å². The van der Waals surface area contributed by atoms with Crippen molar-refractivity contribution in [3.8, 4) is 0 Å². The summed E-state index contributed by atoms with van der Waals surface area (Å²) in [5.74, 6) is -0.0715. The second-order valence-corrected chi connectivity index (χ2v) is 13.3. The lowest BCUT2D eigenvalue weighted by molar-refractivity contribution is -0.147. The molecule has 0 unspecified atom stereocenters. The van der Waals surface area contributed by atoms with E-state index in [0.29, 0.717) is 42.2 Å². The fourth-order valence-corrected chi connectivity index (χ4v) is 4.64. The molecule has 4 atom stereocenters. The molecular formula is C35H51ClN2O6S. The lowest BCUT2D eigenvalue weighted by Crippen LogP contribution is -2.48. The van der Waals surface area contributed by atoms with E-state index in [9.17, 15) is 19.2 Å². The number of Topliss-reactive ketones (excluding diaryl/α,β-unsaturated/α-hetero) is 1. The molecule has 1 aliphatic heterocycles. The molecule has 250 valence electrons. The van der Waals surface area contributed by atoms with Gasteiger partial charge in [-0.2, -0.15) is 12.6 Å². The molecule has 0 aromatic heterocycles. The van der Waals surface area contributed by atoms with Crippen LogP contribution in [0.4, 0.5) is 4.79 Å². The Morgan fingerprint density at radius 2 is 1.84 bits per heavy atom. The lowest BCUT2D eigenvalue weighted by atomic mass is 9.83. The molecule has 0 aliphatic carbocycles. The van der Waals surface area contributed by atoms with E-state index in [-0.39, 0.29) is 36.1 Å². The highest BCUT2D eigenvalue weighted by molar-refractivity contribution is 7.80. The van der Waals surface area contributed by atoms with Crippen LogP contribution in [-0.2, 0) is 23.9 Å².